The third-order valence-electron chi connectivity index (χ3n) is 4.54. The molecule has 166 valence electrons. The molecule has 0 aromatic heterocycles. The standard InChI is InChI=1S/C21H16F2N2O6S/c22-20(23)31-14-4-2-1-3-13(14)18(26)24-7-8-25-19(27)17(32-21(25)28)10-12-5-6-15-16(9-12)30-11-29-15/h1-6,9-10,20H,7-8,11H2,(H,24,26)/b17-10+. The summed E-state index contributed by atoms with van der Waals surface area (Å²) in [6, 6.07) is 10.7. The van der Waals surface area contributed by atoms with Crippen LogP contribution >= 0.6 is 11.8 Å². The highest BCUT2D eigenvalue weighted by molar-refractivity contribution is 8.18. The number of rotatable bonds is 7. The van der Waals surface area contributed by atoms with E-state index in [1.54, 1.807) is 24.3 Å². The van der Waals surface area contributed by atoms with Crippen molar-refractivity contribution in [2.75, 3.05) is 19.9 Å². The van der Waals surface area contributed by atoms with E-state index in [-0.39, 0.29) is 36.1 Å². The van der Waals surface area contributed by atoms with E-state index < -0.39 is 23.7 Å². The molecule has 32 heavy (non-hydrogen) atoms. The molecule has 8 nitrogen and oxygen atoms in total. The number of nitrogens with one attached hydrogen (secondary N) is 1. The quantitative estimate of drug-likeness (QED) is 0.630. The van der Waals surface area contributed by atoms with Crippen LogP contribution < -0.4 is 19.5 Å². The summed E-state index contributed by atoms with van der Waals surface area (Å²) in [7, 11) is 0. The number of hydrogen-bond donors (Lipinski definition) is 1. The van der Waals surface area contributed by atoms with Crippen LogP contribution in [0.25, 0.3) is 6.08 Å². The lowest BCUT2D eigenvalue weighted by atomic mass is 10.2. The summed E-state index contributed by atoms with van der Waals surface area (Å²) < 4.78 is 39.9. The summed E-state index contributed by atoms with van der Waals surface area (Å²) in [6.07, 6.45) is 1.57. The van der Waals surface area contributed by atoms with Crippen molar-refractivity contribution in [1.82, 2.24) is 10.2 Å². The van der Waals surface area contributed by atoms with E-state index in [0.717, 1.165) is 16.7 Å². The molecule has 0 spiro atoms. The van der Waals surface area contributed by atoms with Crippen molar-refractivity contribution in [1.29, 1.82) is 0 Å². The number of benzene rings is 2. The highest BCUT2D eigenvalue weighted by Crippen LogP contribution is 2.36. The molecular weight excluding hydrogens is 446 g/mol. The number of nitrogens with zero attached hydrogens (tertiary/aromatic N) is 1. The normalized spacial score (nSPS) is 16.2. The topological polar surface area (TPSA) is 94.2 Å². The van der Waals surface area contributed by atoms with E-state index >= 15 is 0 Å². The second kappa shape index (κ2) is 9.27. The number of carbonyl (C=O) groups is 3. The largest absolute Gasteiger partial charge is 0.454 e. The Bertz CT molecular complexity index is 1110. The van der Waals surface area contributed by atoms with Crippen molar-refractivity contribution in [3.8, 4) is 17.2 Å². The van der Waals surface area contributed by atoms with E-state index in [1.807, 2.05) is 0 Å². The van der Waals surface area contributed by atoms with Gasteiger partial charge in [-0.25, -0.2) is 0 Å². The molecule has 2 aliphatic rings. The van der Waals surface area contributed by atoms with Crippen LogP contribution in [-0.4, -0.2) is 48.4 Å². The fourth-order valence-corrected chi connectivity index (χ4v) is 3.94. The zero-order valence-electron chi connectivity index (χ0n) is 16.4. The molecule has 0 bridgehead atoms. The number of fused-ring (bicyclic) bond motifs is 1. The van der Waals surface area contributed by atoms with E-state index in [4.69, 9.17) is 9.47 Å². The van der Waals surface area contributed by atoms with E-state index in [0.29, 0.717) is 17.1 Å². The lowest BCUT2D eigenvalue weighted by Crippen LogP contribution is -2.37. The van der Waals surface area contributed by atoms with Gasteiger partial charge in [0, 0.05) is 13.1 Å². The number of carbonyl (C=O) groups excluding carboxylic acids is 3. The molecule has 4 rings (SSSR count). The van der Waals surface area contributed by atoms with Crippen LogP contribution in [0.15, 0.2) is 47.4 Å². The number of imide groups is 1. The lowest BCUT2D eigenvalue weighted by Gasteiger charge is -2.14. The minimum Gasteiger partial charge on any atom is -0.454 e. The molecule has 0 aliphatic carbocycles. The van der Waals surface area contributed by atoms with Gasteiger partial charge >= 0.3 is 6.61 Å². The maximum atomic E-state index is 12.6. The summed E-state index contributed by atoms with van der Waals surface area (Å²) in [4.78, 5) is 38.4. The molecule has 3 amide bonds. The minimum atomic E-state index is -3.07. The van der Waals surface area contributed by atoms with Gasteiger partial charge in [-0.2, -0.15) is 8.78 Å². The van der Waals surface area contributed by atoms with Crippen molar-refractivity contribution < 1.29 is 37.4 Å². The van der Waals surface area contributed by atoms with Crippen LogP contribution in [-0.2, 0) is 4.79 Å². The average molecular weight is 462 g/mol. The van der Waals surface area contributed by atoms with Crippen LogP contribution in [0.2, 0.25) is 0 Å². The van der Waals surface area contributed by atoms with Gasteiger partial charge in [-0.3, -0.25) is 19.3 Å². The first-order chi connectivity index (χ1) is 15.4. The third-order valence-corrected chi connectivity index (χ3v) is 5.44. The van der Waals surface area contributed by atoms with Crippen molar-refractivity contribution in [3.05, 3.63) is 58.5 Å². The van der Waals surface area contributed by atoms with Crippen molar-refractivity contribution >= 4 is 34.9 Å². The van der Waals surface area contributed by atoms with Crippen LogP contribution in [0.5, 0.6) is 17.2 Å². The number of para-hydroxylation sites is 1. The summed E-state index contributed by atoms with van der Waals surface area (Å²) >= 11 is 0.785. The summed E-state index contributed by atoms with van der Waals surface area (Å²) in [5.74, 6) is -0.265. The highest BCUT2D eigenvalue weighted by Gasteiger charge is 2.34. The van der Waals surface area contributed by atoms with Gasteiger partial charge in [0.2, 0.25) is 6.79 Å². The Balaban J connectivity index is 1.37. The summed E-state index contributed by atoms with van der Waals surface area (Å²) in [6.45, 7) is -3.08. The molecule has 2 heterocycles. The molecule has 0 radical (unpaired) electrons. The van der Waals surface area contributed by atoms with Gasteiger partial charge in [0.25, 0.3) is 17.1 Å². The van der Waals surface area contributed by atoms with Gasteiger partial charge in [0.15, 0.2) is 11.5 Å². The predicted octanol–water partition coefficient (Wildman–Crippen LogP) is 3.48. The fourth-order valence-electron chi connectivity index (χ4n) is 3.08. The molecule has 0 atom stereocenters. The fraction of sp³-hybridized carbons (Fsp3) is 0.190. The molecule has 2 aromatic rings. The molecule has 1 N–H and O–H groups in total. The Labute approximate surface area is 185 Å². The Morgan fingerprint density at radius 2 is 1.97 bits per heavy atom. The van der Waals surface area contributed by atoms with E-state index in [1.165, 1.54) is 24.3 Å². The minimum absolute atomic E-state index is 0.0583. The molecular formula is C21H16F2N2O6S. The molecule has 2 aliphatic heterocycles. The maximum Gasteiger partial charge on any atom is 0.387 e. The first-order valence-electron chi connectivity index (χ1n) is 9.39. The Kier molecular flexibility index (Phi) is 6.26. The highest BCUT2D eigenvalue weighted by atomic mass is 32.2. The van der Waals surface area contributed by atoms with Gasteiger partial charge in [0.05, 0.1) is 10.5 Å². The zero-order valence-corrected chi connectivity index (χ0v) is 17.2. The first-order valence-corrected chi connectivity index (χ1v) is 10.2. The Hall–Kier alpha value is -3.60. The van der Waals surface area contributed by atoms with E-state index in [9.17, 15) is 23.2 Å². The second-order valence-electron chi connectivity index (χ2n) is 6.58. The molecule has 1 saturated heterocycles. The maximum absolute atomic E-state index is 12.6. The summed E-state index contributed by atoms with van der Waals surface area (Å²) in [5.41, 5.74) is 0.591. The molecule has 1 fully saturated rings. The van der Waals surface area contributed by atoms with Crippen LogP contribution in [0.1, 0.15) is 15.9 Å². The van der Waals surface area contributed by atoms with Crippen molar-refractivity contribution in [2.45, 2.75) is 6.61 Å². The zero-order chi connectivity index (χ0) is 22.7. The number of ether oxygens (including phenoxy) is 3. The number of alkyl halides is 2. The van der Waals surface area contributed by atoms with Crippen LogP contribution in [0.3, 0.4) is 0 Å². The number of thioether (sulfide) groups is 1. The number of halogens is 2. The summed E-state index contributed by atoms with van der Waals surface area (Å²) in [5, 5.41) is 2.03. The molecule has 0 saturated carbocycles. The van der Waals surface area contributed by atoms with Gasteiger partial charge in [-0.15, -0.1) is 0 Å². The van der Waals surface area contributed by atoms with Gasteiger partial charge in [0.1, 0.15) is 5.75 Å². The van der Waals surface area contributed by atoms with Crippen LogP contribution in [0.4, 0.5) is 13.6 Å². The monoisotopic (exact) mass is 462 g/mol. The number of hydrogen-bond acceptors (Lipinski definition) is 7. The van der Waals surface area contributed by atoms with Gasteiger partial charge in [-0.1, -0.05) is 18.2 Å². The van der Waals surface area contributed by atoms with E-state index in [2.05, 4.69) is 10.1 Å². The number of amides is 3. The average Bonchev–Trinajstić information content (AvgIpc) is 3.33. The Morgan fingerprint density at radius 1 is 1.19 bits per heavy atom. The molecule has 11 heteroatoms. The Morgan fingerprint density at radius 3 is 2.78 bits per heavy atom. The van der Waals surface area contributed by atoms with Crippen LogP contribution in [0, 0.1) is 0 Å². The van der Waals surface area contributed by atoms with Gasteiger partial charge in [-0.05, 0) is 47.7 Å². The third kappa shape index (κ3) is 4.67. The first kappa shape index (κ1) is 21.6. The molecule has 2 aromatic carbocycles. The SMILES string of the molecule is O=C(NCCN1C(=O)S/C(=C/c2ccc3c(c2)OCO3)C1=O)c1ccccc1OC(F)F. The van der Waals surface area contributed by atoms with Crippen molar-refractivity contribution in [2.24, 2.45) is 0 Å². The second-order valence-corrected chi connectivity index (χ2v) is 7.57. The lowest BCUT2D eigenvalue weighted by molar-refractivity contribution is -0.122. The molecule has 0 unspecified atom stereocenters. The van der Waals surface area contributed by atoms with Crippen molar-refractivity contribution in [3.63, 3.8) is 0 Å². The van der Waals surface area contributed by atoms with Gasteiger partial charge < -0.3 is 19.5 Å². The smallest absolute Gasteiger partial charge is 0.387 e. The predicted molar refractivity (Wildman–Crippen MR) is 111 cm³/mol.